The number of amides is 2. The molecule has 1 aromatic carbocycles. The van der Waals surface area contributed by atoms with E-state index in [4.69, 9.17) is 0 Å². The molecule has 1 radical (unpaired) electrons. The van der Waals surface area contributed by atoms with Crippen molar-refractivity contribution in [2.24, 2.45) is 7.05 Å². The lowest BCUT2D eigenvalue weighted by Gasteiger charge is -2.10. The highest BCUT2D eigenvalue weighted by atomic mass is 19.1. The van der Waals surface area contributed by atoms with Gasteiger partial charge in [0, 0.05) is 43.9 Å². The highest BCUT2D eigenvalue weighted by Gasteiger charge is 2.11. The lowest BCUT2D eigenvalue weighted by molar-refractivity contribution is -0.123. The van der Waals surface area contributed by atoms with Gasteiger partial charge in [0.05, 0.1) is 13.0 Å². The summed E-state index contributed by atoms with van der Waals surface area (Å²) < 4.78 is 16.9. The van der Waals surface area contributed by atoms with Crippen molar-refractivity contribution in [1.29, 1.82) is 0 Å². The number of benzene rings is 1. The highest BCUT2D eigenvalue weighted by molar-refractivity contribution is 5.96. The number of carbonyl (C=O) groups is 2. The van der Waals surface area contributed by atoms with E-state index in [0.29, 0.717) is 12.8 Å². The van der Waals surface area contributed by atoms with Crippen LogP contribution in [0.1, 0.15) is 18.5 Å². The molecule has 0 atom stereocenters. The van der Waals surface area contributed by atoms with Crippen LogP contribution >= 0.6 is 0 Å². The van der Waals surface area contributed by atoms with E-state index in [1.54, 1.807) is 44.6 Å². The first-order chi connectivity index (χ1) is 15.3. The Morgan fingerprint density at radius 2 is 1.94 bits per heavy atom. The number of hydrogen-bond donors (Lipinski definition) is 1. The van der Waals surface area contributed by atoms with Gasteiger partial charge < -0.3 is 19.4 Å². The number of likely N-dealkylation sites (N-methyl/N-ethyl adjacent to an activating group) is 1. The number of anilines is 1. The lowest BCUT2D eigenvalue weighted by atomic mass is 10.2. The molecule has 2 heterocycles. The standard InChI is InChI=1S/C24H26FN4O3/c1-27(2)23(31)10-6-4-5-9-22(30)26-20-8-7-13-29(24(20)32)16-19-15-17-14-18(25)11-12-21(17)28(19)3/h6-15H,4-5,16H2,1-3H3,(H,26,30)/b10-6+. The van der Waals surface area contributed by atoms with E-state index in [1.165, 1.54) is 34.1 Å². The van der Waals surface area contributed by atoms with E-state index >= 15 is 0 Å². The Morgan fingerprint density at radius 3 is 2.69 bits per heavy atom. The van der Waals surface area contributed by atoms with Crippen molar-refractivity contribution in [3.63, 3.8) is 0 Å². The second-order valence-corrected chi connectivity index (χ2v) is 7.66. The molecule has 3 rings (SSSR count). The molecule has 0 saturated carbocycles. The number of nitrogens with zero attached hydrogens (tertiary/aromatic N) is 3. The molecule has 0 fully saturated rings. The highest BCUT2D eigenvalue weighted by Crippen LogP contribution is 2.20. The summed E-state index contributed by atoms with van der Waals surface area (Å²) in [6, 6.07) is 9.65. The van der Waals surface area contributed by atoms with Crippen LogP contribution in [0.25, 0.3) is 10.9 Å². The van der Waals surface area contributed by atoms with Gasteiger partial charge in [0.2, 0.25) is 11.8 Å². The number of fused-ring (bicyclic) bond motifs is 1. The molecule has 2 amide bonds. The molecule has 0 aliphatic heterocycles. The average molecular weight is 437 g/mol. The third kappa shape index (κ3) is 5.51. The predicted octanol–water partition coefficient (Wildman–Crippen LogP) is 3.09. The van der Waals surface area contributed by atoms with Crippen LogP contribution in [0.5, 0.6) is 0 Å². The fourth-order valence-corrected chi connectivity index (χ4v) is 3.29. The fourth-order valence-electron chi connectivity index (χ4n) is 3.29. The van der Waals surface area contributed by atoms with Crippen molar-refractivity contribution in [2.45, 2.75) is 19.4 Å². The van der Waals surface area contributed by atoms with Crippen LogP contribution in [0.3, 0.4) is 0 Å². The Morgan fingerprint density at radius 1 is 1.16 bits per heavy atom. The zero-order valence-corrected chi connectivity index (χ0v) is 18.3. The van der Waals surface area contributed by atoms with Gasteiger partial charge in [0.25, 0.3) is 5.56 Å². The minimum atomic E-state index is -0.382. The second-order valence-electron chi connectivity index (χ2n) is 7.66. The van der Waals surface area contributed by atoms with Gasteiger partial charge in [-0.2, -0.15) is 0 Å². The van der Waals surface area contributed by atoms with Gasteiger partial charge in [-0.05, 0) is 55.3 Å². The molecule has 0 unspecified atom stereocenters. The Bertz CT molecular complexity index is 1220. The molecule has 0 bridgehead atoms. The zero-order valence-electron chi connectivity index (χ0n) is 18.3. The Kier molecular flexibility index (Phi) is 7.25. The van der Waals surface area contributed by atoms with Crippen LogP contribution in [-0.2, 0) is 23.2 Å². The van der Waals surface area contributed by atoms with Crippen LogP contribution in [-0.4, -0.2) is 39.9 Å². The second kappa shape index (κ2) is 10.1. The van der Waals surface area contributed by atoms with Crippen molar-refractivity contribution < 1.29 is 14.0 Å². The van der Waals surface area contributed by atoms with Crippen molar-refractivity contribution >= 4 is 28.4 Å². The summed E-state index contributed by atoms with van der Waals surface area (Å²) in [4.78, 5) is 37.9. The summed E-state index contributed by atoms with van der Waals surface area (Å²) in [5, 5.41) is 3.38. The molecule has 1 N–H and O–H groups in total. The number of halogens is 1. The summed E-state index contributed by atoms with van der Waals surface area (Å²) in [6.07, 6.45) is 7.23. The molecular formula is C24H26FN4O3. The minimum Gasteiger partial charge on any atom is -0.346 e. The summed E-state index contributed by atoms with van der Waals surface area (Å²) >= 11 is 0. The topological polar surface area (TPSA) is 76.3 Å². The van der Waals surface area contributed by atoms with Crippen molar-refractivity contribution in [3.8, 4) is 0 Å². The smallest absolute Gasteiger partial charge is 0.274 e. The number of unbranched alkanes of at least 4 members (excludes halogenated alkanes) is 1. The van der Waals surface area contributed by atoms with Crippen molar-refractivity contribution in [1.82, 2.24) is 14.0 Å². The van der Waals surface area contributed by atoms with Crippen LogP contribution in [0.2, 0.25) is 0 Å². The number of carbonyl (C=O) groups excluding carboxylic acids is 2. The van der Waals surface area contributed by atoms with Gasteiger partial charge in [-0.15, -0.1) is 0 Å². The third-order valence-corrected chi connectivity index (χ3v) is 5.08. The monoisotopic (exact) mass is 437 g/mol. The molecule has 0 saturated heterocycles. The molecular weight excluding hydrogens is 411 g/mol. The predicted molar refractivity (Wildman–Crippen MR) is 123 cm³/mol. The summed E-state index contributed by atoms with van der Waals surface area (Å²) in [7, 11) is 5.19. The zero-order chi connectivity index (χ0) is 23.3. The molecule has 167 valence electrons. The Hall–Kier alpha value is -3.68. The number of aryl methyl sites for hydroxylation is 1. The van der Waals surface area contributed by atoms with E-state index < -0.39 is 0 Å². The van der Waals surface area contributed by atoms with E-state index in [-0.39, 0.29) is 35.4 Å². The first-order valence-corrected chi connectivity index (χ1v) is 10.2. The average Bonchev–Trinajstić information content (AvgIpc) is 3.04. The molecule has 7 nitrogen and oxygen atoms in total. The molecule has 8 heteroatoms. The van der Waals surface area contributed by atoms with Gasteiger partial charge in [-0.25, -0.2) is 4.39 Å². The van der Waals surface area contributed by atoms with E-state index in [1.807, 2.05) is 17.7 Å². The normalized spacial score (nSPS) is 11.2. The van der Waals surface area contributed by atoms with Crippen LogP contribution in [0, 0.1) is 12.2 Å². The van der Waals surface area contributed by atoms with E-state index in [9.17, 15) is 18.8 Å². The van der Waals surface area contributed by atoms with E-state index in [2.05, 4.69) is 5.32 Å². The maximum atomic E-state index is 13.5. The molecule has 0 aliphatic carbocycles. The molecule has 0 spiro atoms. The lowest BCUT2D eigenvalue weighted by Crippen LogP contribution is -2.26. The molecule has 0 aliphatic rings. The van der Waals surface area contributed by atoms with Gasteiger partial charge >= 0.3 is 0 Å². The maximum absolute atomic E-state index is 13.5. The van der Waals surface area contributed by atoms with Crippen LogP contribution < -0.4 is 10.9 Å². The van der Waals surface area contributed by atoms with Crippen LogP contribution in [0.15, 0.2) is 59.5 Å². The number of rotatable bonds is 8. The first-order valence-electron chi connectivity index (χ1n) is 10.2. The molecule has 2 aromatic heterocycles. The van der Waals surface area contributed by atoms with Crippen LogP contribution in [0.4, 0.5) is 10.1 Å². The number of aromatic nitrogens is 2. The number of allylic oxidation sites excluding steroid dienone is 1. The van der Waals surface area contributed by atoms with Gasteiger partial charge in [-0.3, -0.25) is 14.4 Å². The largest absolute Gasteiger partial charge is 0.346 e. The Balaban J connectivity index is 1.63. The Labute approximate surface area is 185 Å². The maximum Gasteiger partial charge on any atom is 0.274 e. The number of pyridine rings is 1. The molecule has 3 aromatic rings. The summed E-state index contributed by atoms with van der Waals surface area (Å²) in [6.45, 7) is 0.282. The third-order valence-electron chi connectivity index (χ3n) is 5.08. The quantitative estimate of drug-likeness (QED) is 0.435. The number of hydrogen-bond acceptors (Lipinski definition) is 3. The van der Waals surface area contributed by atoms with Crippen molar-refractivity contribution in [3.05, 3.63) is 83.0 Å². The number of nitrogens with one attached hydrogen (secondary N) is 1. The van der Waals surface area contributed by atoms with Gasteiger partial charge in [0.1, 0.15) is 11.5 Å². The van der Waals surface area contributed by atoms with E-state index in [0.717, 1.165) is 16.6 Å². The van der Waals surface area contributed by atoms with Gasteiger partial charge in [0.15, 0.2) is 0 Å². The summed E-state index contributed by atoms with van der Waals surface area (Å²) in [5.41, 5.74) is 1.55. The fraction of sp³-hybridized carbons (Fsp3) is 0.250. The summed E-state index contributed by atoms with van der Waals surface area (Å²) in [5.74, 6) is -0.810. The molecule has 32 heavy (non-hydrogen) atoms. The van der Waals surface area contributed by atoms with Gasteiger partial charge in [-0.1, -0.05) is 6.08 Å². The minimum absolute atomic E-state index is 0.115. The first kappa shape index (κ1) is 23.0. The van der Waals surface area contributed by atoms with Crippen molar-refractivity contribution in [2.75, 3.05) is 19.4 Å². The SMILES string of the molecule is CN(C)C(=O)/C=C/CC[CH]C(=O)Nc1cccn(Cc2cc3cc(F)ccc3n2C)c1=O.